The first kappa shape index (κ1) is 27.0. The molecule has 2 atom stereocenters. The van der Waals surface area contributed by atoms with E-state index in [0.717, 1.165) is 21.3 Å². The van der Waals surface area contributed by atoms with Gasteiger partial charge < -0.3 is 4.90 Å². The molecule has 1 aromatic carbocycles. The SMILES string of the molecule is Cc1cc(C(F)(F)F)nn1CC(=O)N1CCC(c2ncc[s+]2C(=O)N(C)C2CCC(=O)c3ccccc32)CC1. The number of aryl methyl sites for hydroxylation is 1. The van der Waals surface area contributed by atoms with E-state index < -0.39 is 22.3 Å². The van der Waals surface area contributed by atoms with E-state index in [1.165, 1.54) is 6.92 Å². The number of halogens is 3. The maximum atomic E-state index is 13.6. The summed E-state index contributed by atoms with van der Waals surface area (Å²) < 4.78 is 40.0. The number of fused-ring (bicyclic) bond motifs is 1. The van der Waals surface area contributed by atoms with Gasteiger partial charge in [0.1, 0.15) is 6.54 Å². The molecule has 2 amide bonds. The minimum Gasteiger partial charge on any atom is -0.341 e. The van der Waals surface area contributed by atoms with Gasteiger partial charge >= 0.3 is 11.4 Å². The molecule has 0 spiro atoms. The summed E-state index contributed by atoms with van der Waals surface area (Å²) in [4.78, 5) is 46.7. The van der Waals surface area contributed by atoms with Gasteiger partial charge in [0, 0.05) is 37.8 Å². The van der Waals surface area contributed by atoms with E-state index >= 15 is 0 Å². The van der Waals surface area contributed by atoms with Gasteiger partial charge in [-0.15, -0.1) is 0 Å². The second-order valence-electron chi connectivity index (χ2n) is 10.0. The zero-order valence-electron chi connectivity index (χ0n) is 21.6. The zero-order valence-corrected chi connectivity index (χ0v) is 22.5. The van der Waals surface area contributed by atoms with E-state index in [1.54, 1.807) is 23.0 Å². The van der Waals surface area contributed by atoms with Gasteiger partial charge in [0.2, 0.25) is 5.91 Å². The van der Waals surface area contributed by atoms with Gasteiger partial charge in [-0.25, -0.2) is 9.78 Å². The number of amides is 2. The summed E-state index contributed by atoms with van der Waals surface area (Å²) in [7, 11) is 0.937. The Bertz CT molecular complexity index is 1410. The van der Waals surface area contributed by atoms with Crippen LogP contribution in [-0.2, 0) is 17.5 Å². The van der Waals surface area contributed by atoms with Gasteiger partial charge in [-0.1, -0.05) is 24.3 Å². The summed E-state index contributed by atoms with van der Waals surface area (Å²) in [6, 6.07) is 8.18. The van der Waals surface area contributed by atoms with Gasteiger partial charge in [0.15, 0.2) is 16.9 Å². The Morgan fingerprint density at radius 2 is 1.87 bits per heavy atom. The molecule has 0 saturated carbocycles. The average molecular weight is 561 g/mol. The van der Waals surface area contributed by atoms with E-state index in [0.29, 0.717) is 44.3 Å². The Morgan fingerprint density at radius 3 is 2.56 bits per heavy atom. The number of benzene rings is 1. The number of alkyl halides is 3. The third-order valence-corrected chi connectivity index (χ3v) is 9.53. The topological polar surface area (TPSA) is 88.4 Å². The van der Waals surface area contributed by atoms with E-state index in [4.69, 9.17) is 0 Å². The predicted molar refractivity (Wildman–Crippen MR) is 139 cm³/mol. The summed E-state index contributed by atoms with van der Waals surface area (Å²) in [6.07, 6.45) is -0.705. The van der Waals surface area contributed by atoms with Crippen molar-refractivity contribution in [1.29, 1.82) is 0 Å². The molecule has 0 bridgehead atoms. The highest BCUT2D eigenvalue weighted by Gasteiger charge is 2.40. The molecule has 3 aromatic rings. The smallest absolute Gasteiger partial charge is 0.341 e. The van der Waals surface area contributed by atoms with Gasteiger partial charge in [-0.05, 0) is 37.8 Å². The Labute approximate surface area is 226 Å². The van der Waals surface area contributed by atoms with Crippen molar-refractivity contribution in [2.75, 3.05) is 20.1 Å². The third kappa shape index (κ3) is 5.34. The lowest BCUT2D eigenvalue weighted by Crippen LogP contribution is -2.40. The van der Waals surface area contributed by atoms with Crippen LogP contribution in [0.1, 0.15) is 70.0 Å². The number of carbonyl (C=O) groups excluding carboxylic acids is 3. The van der Waals surface area contributed by atoms with Crippen LogP contribution in [0.5, 0.6) is 0 Å². The lowest BCUT2D eigenvalue weighted by Gasteiger charge is -2.31. The van der Waals surface area contributed by atoms with Crippen LogP contribution in [0.2, 0.25) is 0 Å². The summed E-state index contributed by atoms with van der Waals surface area (Å²) >= 11 is 0. The molecule has 3 heterocycles. The lowest BCUT2D eigenvalue weighted by atomic mass is 9.86. The van der Waals surface area contributed by atoms with E-state index in [9.17, 15) is 27.6 Å². The van der Waals surface area contributed by atoms with Crippen LogP contribution in [0.4, 0.5) is 18.0 Å². The normalized spacial score (nSPS) is 18.7. The van der Waals surface area contributed by atoms with Crippen molar-refractivity contribution in [3.05, 3.63) is 69.4 Å². The van der Waals surface area contributed by atoms with Crippen LogP contribution in [0.15, 0.2) is 41.9 Å². The second-order valence-corrected chi connectivity index (χ2v) is 11.7. The number of likely N-dealkylation sites (tertiary alicyclic amines) is 1. The number of carbonyl (C=O) groups is 3. The van der Waals surface area contributed by atoms with Crippen molar-refractivity contribution >= 4 is 27.4 Å². The second kappa shape index (κ2) is 10.6. The van der Waals surface area contributed by atoms with E-state index in [1.807, 2.05) is 29.6 Å². The van der Waals surface area contributed by atoms with Crippen molar-refractivity contribution in [2.45, 2.75) is 57.3 Å². The number of hydrogen-bond donors (Lipinski definition) is 0. The van der Waals surface area contributed by atoms with Crippen molar-refractivity contribution in [1.82, 2.24) is 24.6 Å². The Balaban J connectivity index is 1.23. The van der Waals surface area contributed by atoms with Gasteiger partial charge in [-0.3, -0.25) is 19.2 Å². The number of thiazole rings is 1. The monoisotopic (exact) mass is 560 g/mol. The van der Waals surface area contributed by atoms with Gasteiger partial charge in [-0.2, -0.15) is 18.3 Å². The predicted octanol–water partition coefficient (Wildman–Crippen LogP) is 5.38. The van der Waals surface area contributed by atoms with Crippen LogP contribution in [-0.4, -0.2) is 61.6 Å². The Morgan fingerprint density at radius 1 is 1.15 bits per heavy atom. The number of Topliss-reactive ketones (excluding diaryl/α,β-unsaturated/α-hetero) is 1. The molecule has 1 saturated heterocycles. The molecular weight excluding hydrogens is 531 g/mol. The molecule has 206 valence electrons. The Kier molecular flexibility index (Phi) is 7.32. The van der Waals surface area contributed by atoms with Gasteiger partial charge in [0.05, 0.1) is 28.6 Å². The molecule has 8 nitrogen and oxygen atoms in total. The largest absolute Gasteiger partial charge is 0.460 e. The van der Waals surface area contributed by atoms with E-state index in [-0.39, 0.29) is 41.1 Å². The minimum absolute atomic E-state index is 0.0215. The highest BCUT2D eigenvalue weighted by molar-refractivity contribution is 7.50. The molecular formula is C27H29F3N5O3S+. The lowest BCUT2D eigenvalue weighted by molar-refractivity contribution is -0.142. The number of aromatic nitrogens is 3. The molecule has 2 unspecified atom stereocenters. The average Bonchev–Trinajstić information content (AvgIpc) is 3.55. The van der Waals surface area contributed by atoms with E-state index in [2.05, 4.69) is 10.1 Å². The third-order valence-electron chi connectivity index (χ3n) is 7.59. The first-order valence-electron chi connectivity index (χ1n) is 12.8. The summed E-state index contributed by atoms with van der Waals surface area (Å²) in [5.41, 5.74) is 0.804. The van der Waals surface area contributed by atoms with Crippen LogP contribution in [0, 0.1) is 6.92 Å². The van der Waals surface area contributed by atoms with Crippen LogP contribution < -0.4 is 0 Å². The fourth-order valence-electron chi connectivity index (χ4n) is 5.42. The quantitative estimate of drug-likeness (QED) is 0.391. The number of hydrogen-bond acceptors (Lipinski definition) is 5. The van der Waals surface area contributed by atoms with Crippen molar-refractivity contribution in [3.63, 3.8) is 0 Å². The first-order valence-corrected chi connectivity index (χ1v) is 14.1. The van der Waals surface area contributed by atoms with Crippen LogP contribution in [0.3, 0.4) is 0 Å². The minimum atomic E-state index is -4.56. The molecule has 2 aromatic heterocycles. The molecule has 0 radical (unpaired) electrons. The fraction of sp³-hybridized carbons (Fsp3) is 0.444. The highest BCUT2D eigenvalue weighted by Crippen LogP contribution is 2.40. The summed E-state index contributed by atoms with van der Waals surface area (Å²) in [5.74, 6) is -0.175. The number of nitrogens with zero attached hydrogens (tertiary/aromatic N) is 5. The number of rotatable bonds is 5. The summed E-state index contributed by atoms with van der Waals surface area (Å²) in [5, 5.41) is 6.13. The van der Waals surface area contributed by atoms with Crippen molar-refractivity contribution in [3.8, 4) is 0 Å². The first-order chi connectivity index (χ1) is 18.5. The number of ketones is 1. The van der Waals surface area contributed by atoms with Crippen molar-refractivity contribution in [2.24, 2.45) is 0 Å². The van der Waals surface area contributed by atoms with Crippen LogP contribution in [0.25, 0.3) is 0 Å². The molecule has 39 heavy (non-hydrogen) atoms. The molecule has 1 aliphatic heterocycles. The van der Waals surface area contributed by atoms with Crippen molar-refractivity contribution < 1.29 is 27.6 Å². The fourth-order valence-corrected chi connectivity index (χ4v) is 7.24. The van der Waals surface area contributed by atoms with Gasteiger partial charge in [0.25, 0.3) is 5.01 Å². The molecule has 0 N–H and O–H groups in total. The molecule has 1 aliphatic carbocycles. The standard InChI is InChI=1S/C27H29F3N5O3S/c1-17-15-23(27(28,29)30)32-35(17)16-24(37)34-12-9-18(10-13-34)25-31-11-14-39(25)26(38)33(2)21-7-8-22(36)20-6-4-3-5-19(20)21/h3-6,11,14-15,18,21H,7-10,12-13,16H2,1-2H3/q+1. The molecule has 12 heteroatoms. The summed E-state index contributed by atoms with van der Waals surface area (Å²) in [6.45, 7) is 2.09. The molecule has 2 aliphatic rings. The molecule has 5 rings (SSSR count). The van der Waals surface area contributed by atoms with Crippen LogP contribution >= 0.6 is 10.5 Å². The maximum absolute atomic E-state index is 13.6. The molecule has 1 fully saturated rings. The number of piperidine rings is 1. The maximum Gasteiger partial charge on any atom is 0.460 e. The Hall–Kier alpha value is -3.54. The highest BCUT2D eigenvalue weighted by atomic mass is 32.2. The zero-order chi connectivity index (χ0) is 27.9.